The van der Waals surface area contributed by atoms with Gasteiger partial charge in [-0.1, -0.05) is 30.3 Å². The number of nitrogens with zero attached hydrogens (tertiary/aromatic N) is 1. The number of carbonyl (C=O) groups is 2. The van der Waals surface area contributed by atoms with Gasteiger partial charge in [0.1, 0.15) is 13.2 Å². The van der Waals surface area contributed by atoms with Gasteiger partial charge in [0.25, 0.3) is 0 Å². The lowest BCUT2D eigenvalue weighted by molar-refractivity contribution is -0.139. The highest BCUT2D eigenvalue weighted by Gasteiger charge is 2.31. The van der Waals surface area contributed by atoms with E-state index in [0.29, 0.717) is 0 Å². The first-order valence-corrected chi connectivity index (χ1v) is 6.36. The number of carboxylic acids is 1. The van der Waals surface area contributed by atoms with Crippen molar-refractivity contribution in [2.24, 2.45) is 0 Å². The van der Waals surface area contributed by atoms with Crippen LogP contribution >= 0.6 is 0 Å². The van der Waals surface area contributed by atoms with Crippen LogP contribution in [-0.2, 0) is 16.1 Å². The molecule has 5 heteroatoms. The van der Waals surface area contributed by atoms with E-state index < -0.39 is 12.1 Å². The van der Waals surface area contributed by atoms with E-state index in [2.05, 4.69) is 0 Å². The van der Waals surface area contributed by atoms with E-state index in [0.717, 1.165) is 24.8 Å². The maximum absolute atomic E-state index is 11.9. The summed E-state index contributed by atoms with van der Waals surface area (Å²) in [5, 5.41) is 8.84. The summed E-state index contributed by atoms with van der Waals surface area (Å²) in [5.41, 5.74) is 0.889. The average molecular weight is 263 g/mol. The van der Waals surface area contributed by atoms with Gasteiger partial charge >= 0.3 is 12.1 Å². The standard InChI is InChI=1S/C14H17NO4/c16-13(17)9-15(12-7-4-8-12)14(18)19-10-11-5-2-1-3-6-11/h1-3,5-6,12H,4,7-10H2,(H,16,17). The van der Waals surface area contributed by atoms with Crippen molar-refractivity contribution in [2.45, 2.75) is 31.9 Å². The summed E-state index contributed by atoms with van der Waals surface area (Å²) in [5.74, 6) is -1.01. The first kappa shape index (κ1) is 13.4. The van der Waals surface area contributed by atoms with Crippen LogP contribution < -0.4 is 0 Å². The predicted octanol–water partition coefficient (Wildman–Crippen LogP) is 2.26. The molecule has 0 atom stereocenters. The number of carboxylic acid groups (broad SMARTS) is 1. The second kappa shape index (κ2) is 6.22. The third kappa shape index (κ3) is 3.71. The van der Waals surface area contributed by atoms with Gasteiger partial charge in [-0.15, -0.1) is 0 Å². The summed E-state index contributed by atoms with van der Waals surface area (Å²) in [6.45, 7) is -0.124. The molecule has 0 aromatic heterocycles. The molecule has 0 spiro atoms. The molecule has 0 heterocycles. The Morgan fingerprint density at radius 2 is 1.95 bits per heavy atom. The van der Waals surface area contributed by atoms with E-state index in [-0.39, 0.29) is 19.2 Å². The predicted molar refractivity (Wildman–Crippen MR) is 68.6 cm³/mol. The Balaban J connectivity index is 1.89. The lowest BCUT2D eigenvalue weighted by Crippen LogP contribution is -2.46. The van der Waals surface area contributed by atoms with Crippen LogP contribution in [0.15, 0.2) is 30.3 Å². The van der Waals surface area contributed by atoms with E-state index in [1.807, 2.05) is 30.3 Å². The van der Waals surface area contributed by atoms with E-state index >= 15 is 0 Å². The number of ether oxygens (including phenoxy) is 1. The fourth-order valence-electron chi connectivity index (χ4n) is 1.99. The number of carbonyl (C=O) groups excluding carboxylic acids is 1. The molecule has 1 aromatic carbocycles. The zero-order valence-corrected chi connectivity index (χ0v) is 10.6. The molecule has 1 aliphatic carbocycles. The highest BCUT2D eigenvalue weighted by Crippen LogP contribution is 2.25. The number of benzene rings is 1. The smallest absolute Gasteiger partial charge is 0.410 e. The van der Waals surface area contributed by atoms with Crippen LogP contribution in [0.3, 0.4) is 0 Å². The molecule has 0 unspecified atom stereocenters. The van der Waals surface area contributed by atoms with Crippen molar-refractivity contribution in [1.29, 1.82) is 0 Å². The summed E-state index contributed by atoms with van der Waals surface area (Å²) in [6.07, 6.45) is 2.20. The highest BCUT2D eigenvalue weighted by atomic mass is 16.6. The van der Waals surface area contributed by atoms with Crippen molar-refractivity contribution in [3.8, 4) is 0 Å². The van der Waals surface area contributed by atoms with Gasteiger partial charge in [-0.3, -0.25) is 9.69 Å². The third-order valence-corrected chi connectivity index (χ3v) is 3.26. The van der Waals surface area contributed by atoms with Crippen LogP contribution in [0.25, 0.3) is 0 Å². The summed E-state index contributed by atoms with van der Waals surface area (Å²) >= 11 is 0. The van der Waals surface area contributed by atoms with Gasteiger partial charge < -0.3 is 9.84 Å². The van der Waals surface area contributed by atoms with Gasteiger partial charge in [-0.2, -0.15) is 0 Å². The summed E-state index contributed by atoms with van der Waals surface area (Å²) in [7, 11) is 0. The van der Waals surface area contributed by atoms with Gasteiger partial charge in [-0.05, 0) is 24.8 Å². The molecule has 5 nitrogen and oxygen atoms in total. The molecule has 1 fully saturated rings. The largest absolute Gasteiger partial charge is 0.480 e. The molecular formula is C14H17NO4. The van der Waals surface area contributed by atoms with E-state index in [1.54, 1.807) is 0 Å². The van der Waals surface area contributed by atoms with Crippen molar-refractivity contribution < 1.29 is 19.4 Å². The minimum absolute atomic E-state index is 0.0133. The molecule has 0 radical (unpaired) electrons. The molecule has 102 valence electrons. The van der Waals surface area contributed by atoms with Crippen LogP contribution in [0, 0.1) is 0 Å². The molecule has 19 heavy (non-hydrogen) atoms. The number of amides is 1. The third-order valence-electron chi connectivity index (χ3n) is 3.26. The van der Waals surface area contributed by atoms with Gasteiger partial charge in [0.05, 0.1) is 0 Å². The Labute approximate surface area is 111 Å². The van der Waals surface area contributed by atoms with E-state index in [1.165, 1.54) is 4.90 Å². The first-order valence-electron chi connectivity index (χ1n) is 6.36. The Kier molecular flexibility index (Phi) is 4.39. The number of hydrogen-bond acceptors (Lipinski definition) is 3. The average Bonchev–Trinajstić information content (AvgIpc) is 2.34. The summed E-state index contributed by atoms with van der Waals surface area (Å²) < 4.78 is 5.17. The number of rotatable bonds is 5. The molecule has 0 bridgehead atoms. The molecule has 0 aliphatic heterocycles. The SMILES string of the molecule is O=C(O)CN(C(=O)OCc1ccccc1)C1CCC1. The van der Waals surface area contributed by atoms with Crippen molar-refractivity contribution >= 4 is 12.1 Å². The van der Waals surface area contributed by atoms with E-state index in [9.17, 15) is 9.59 Å². The van der Waals surface area contributed by atoms with E-state index in [4.69, 9.17) is 9.84 Å². The Morgan fingerprint density at radius 3 is 2.47 bits per heavy atom. The first-order chi connectivity index (χ1) is 9.16. The lowest BCUT2D eigenvalue weighted by atomic mass is 9.92. The molecule has 2 rings (SSSR count). The number of hydrogen-bond donors (Lipinski definition) is 1. The highest BCUT2D eigenvalue weighted by molar-refractivity contribution is 5.77. The van der Waals surface area contributed by atoms with Crippen LogP contribution in [0.4, 0.5) is 4.79 Å². The van der Waals surface area contributed by atoms with Gasteiger partial charge in [-0.25, -0.2) is 4.79 Å². The Hall–Kier alpha value is -2.04. The fraction of sp³-hybridized carbons (Fsp3) is 0.429. The minimum Gasteiger partial charge on any atom is -0.480 e. The fourth-order valence-corrected chi connectivity index (χ4v) is 1.99. The molecule has 1 aliphatic rings. The van der Waals surface area contributed by atoms with Gasteiger partial charge in [0, 0.05) is 6.04 Å². The minimum atomic E-state index is -1.01. The number of aliphatic carboxylic acids is 1. The molecule has 0 saturated heterocycles. The zero-order chi connectivity index (χ0) is 13.7. The molecule has 1 aromatic rings. The van der Waals surface area contributed by atoms with Gasteiger partial charge in [0.15, 0.2) is 0 Å². The summed E-state index contributed by atoms with van der Waals surface area (Å²) in [6, 6.07) is 9.35. The van der Waals surface area contributed by atoms with Crippen LogP contribution in [-0.4, -0.2) is 34.7 Å². The second-order valence-corrected chi connectivity index (χ2v) is 4.65. The van der Waals surface area contributed by atoms with Crippen molar-refractivity contribution in [1.82, 2.24) is 4.90 Å². The second-order valence-electron chi connectivity index (χ2n) is 4.65. The molecule has 1 amide bonds. The van der Waals surface area contributed by atoms with Crippen LogP contribution in [0.5, 0.6) is 0 Å². The van der Waals surface area contributed by atoms with Crippen LogP contribution in [0.2, 0.25) is 0 Å². The summed E-state index contributed by atoms with van der Waals surface area (Å²) in [4.78, 5) is 24.0. The maximum atomic E-state index is 11.9. The lowest BCUT2D eigenvalue weighted by Gasteiger charge is -2.35. The normalized spacial score (nSPS) is 14.5. The molecular weight excluding hydrogens is 246 g/mol. The van der Waals surface area contributed by atoms with Crippen molar-refractivity contribution in [2.75, 3.05) is 6.54 Å². The Bertz CT molecular complexity index is 442. The zero-order valence-electron chi connectivity index (χ0n) is 10.6. The monoisotopic (exact) mass is 263 g/mol. The topological polar surface area (TPSA) is 66.8 Å². The quantitative estimate of drug-likeness (QED) is 0.884. The maximum Gasteiger partial charge on any atom is 0.410 e. The molecule has 1 N–H and O–H groups in total. The van der Waals surface area contributed by atoms with Crippen LogP contribution in [0.1, 0.15) is 24.8 Å². The van der Waals surface area contributed by atoms with Gasteiger partial charge in [0.2, 0.25) is 0 Å². The Morgan fingerprint density at radius 1 is 1.26 bits per heavy atom. The van der Waals surface area contributed by atoms with Crippen molar-refractivity contribution in [3.05, 3.63) is 35.9 Å². The van der Waals surface area contributed by atoms with Crippen molar-refractivity contribution in [3.63, 3.8) is 0 Å². The molecule has 1 saturated carbocycles.